The first-order valence-electron chi connectivity index (χ1n) is 10.5. The molecule has 1 aromatic heterocycles. The highest BCUT2D eigenvalue weighted by atomic mass is 32.2. The van der Waals surface area contributed by atoms with Crippen LogP contribution < -0.4 is 0 Å². The molecule has 10 heteroatoms. The van der Waals surface area contributed by atoms with Gasteiger partial charge < -0.3 is 4.52 Å². The first kappa shape index (κ1) is 21.9. The summed E-state index contributed by atoms with van der Waals surface area (Å²) < 4.78 is 32.2. The van der Waals surface area contributed by atoms with E-state index >= 15 is 0 Å². The lowest BCUT2D eigenvalue weighted by molar-refractivity contribution is -0.149. The van der Waals surface area contributed by atoms with Crippen molar-refractivity contribution in [1.29, 1.82) is 0 Å². The Bertz CT molecular complexity index is 1490. The molecule has 172 valence electrons. The van der Waals surface area contributed by atoms with E-state index in [4.69, 9.17) is 4.52 Å². The zero-order valence-electron chi connectivity index (χ0n) is 18.2. The molecule has 0 saturated carbocycles. The Morgan fingerprint density at radius 1 is 0.912 bits per heavy atom. The Labute approximate surface area is 195 Å². The largest absolute Gasteiger partial charge is 0.339 e. The summed E-state index contributed by atoms with van der Waals surface area (Å²) in [5.41, 5.74) is 1.46. The summed E-state index contributed by atoms with van der Waals surface area (Å²) >= 11 is 0. The summed E-state index contributed by atoms with van der Waals surface area (Å²) in [4.78, 5) is 30.8. The average Bonchev–Trinajstić information content (AvgIpc) is 3.27. The number of hydrogen-bond donors (Lipinski definition) is 0. The maximum Gasteiger partial charge on any atom is 0.244 e. The number of benzene rings is 3. The van der Waals surface area contributed by atoms with Crippen molar-refractivity contribution in [3.63, 3.8) is 0 Å². The SMILES string of the molecule is Cc1nc(-c2ccc(CN3C(=O)CN(S(=O)(=O)c4ccc5ccccc5c4)CC3=O)cc2)no1. The minimum Gasteiger partial charge on any atom is -0.339 e. The molecule has 0 aliphatic carbocycles. The van der Waals surface area contributed by atoms with Gasteiger partial charge in [0.15, 0.2) is 0 Å². The molecule has 0 unspecified atom stereocenters. The van der Waals surface area contributed by atoms with Crippen molar-refractivity contribution in [3.8, 4) is 11.4 Å². The molecule has 2 heterocycles. The Morgan fingerprint density at radius 3 is 2.24 bits per heavy atom. The smallest absolute Gasteiger partial charge is 0.244 e. The fourth-order valence-electron chi connectivity index (χ4n) is 3.85. The third kappa shape index (κ3) is 4.09. The number of imide groups is 1. The maximum atomic E-state index is 13.1. The van der Waals surface area contributed by atoms with E-state index in [-0.39, 0.29) is 11.4 Å². The Morgan fingerprint density at radius 2 is 1.59 bits per heavy atom. The van der Waals surface area contributed by atoms with Gasteiger partial charge in [0.1, 0.15) is 0 Å². The van der Waals surface area contributed by atoms with E-state index in [1.807, 2.05) is 24.3 Å². The highest BCUT2D eigenvalue weighted by Crippen LogP contribution is 2.24. The minimum atomic E-state index is -4.01. The van der Waals surface area contributed by atoms with Crippen LogP contribution in [0, 0.1) is 6.92 Å². The summed E-state index contributed by atoms with van der Waals surface area (Å²) in [5.74, 6) is -0.243. The molecule has 0 N–H and O–H groups in total. The molecule has 4 aromatic rings. The van der Waals surface area contributed by atoms with E-state index in [0.29, 0.717) is 11.7 Å². The molecular weight excluding hydrogens is 456 g/mol. The van der Waals surface area contributed by atoms with Crippen LogP contribution in [-0.2, 0) is 26.2 Å². The normalized spacial score (nSPS) is 15.3. The monoisotopic (exact) mass is 476 g/mol. The third-order valence-electron chi connectivity index (χ3n) is 5.66. The highest BCUT2D eigenvalue weighted by Gasteiger charge is 2.37. The Kier molecular flexibility index (Phi) is 5.46. The van der Waals surface area contributed by atoms with E-state index in [0.717, 1.165) is 31.1 Å². The van der Waals surface area contributed by atoms with Crippen LogP contribution in [0.1, 0.15) is 11.5 Å². The summed E-state index contributed by atoms with van der Waals surface area (Å²) in [7, 11) is -4.01. The molecule has 1 aliphatic heterocycles. The lowest BCUT2D eigenvalue weighted by Gasteiger charge is -2.32. The number of amides is 2. The molecule has 5 rings (SSSR count). The zero-order valence-corrected chi connectivity index (χ0v) is 19.0. The molecule has 9 nitrogen and oxygen atoms in total. The number of hydrogen-bond acceptors (Lipinski definition) is 7. The van der Waals surface area contributed by atoms with Gasteiger partial charge in [-0.25, -0.2) is 8.42 Å². The topological polar surface area (TPSA) is 114 Å². The van der Waals surface area contributed by atoms with Gasteiger partial charge in [-0.2, -0.15) is 9.29 Å². The van der Waals surface area contributed by atoms with Crippen LogP contribution in [0.2, 0.25) is 0 Å². The fourth-order valence-corrected chi connectivity index (χ4v) is 5.22. The van der Waals surface area contributed by atoms with Crippen molar-refractivity contribution in [1.82, 2.24) is 19.3 Å². The molecule has 3 aromatic carbocycles. The van der Waals surface area contributed by atoms with E-state index in [1.54, 1.807) is 43.3 Å². The lowest BCUT2D eigenvalue weighted by Crippen LogP contribution is -2.54. The lowest BCUT2D eigenvalue weighted by atomic mass is 10.1. The summed E-state index contributed by atoms with van der Waals surface area (Å²) in [6.45, 7) is 0.942. The maximum absolute atomic E-state index is 13.1. The molecule has 1 aliphatic rings. The van der Waals surface area contributed by atoms with Crippen LogP contribution in [0.4, 0.5) is 0 Å². The van der Waals surface area contributed by atoms with Gasteiger partial charge in [-0.3, -0.25) is 14.5 Å². The zero-order chi connectivity index (χ0) is 23.9. The number of carbonyl (C=O) groups excluding carboxylic acids is 2. The molecule has 0 atom stereocenters. The van der Waals surface area contributed by atoms with Crippen molar-refractivity contribution >= 4 is 32.6 Å². The number of sulfonamides is 1. The van der Waals surface area contributed by atoms with Gasteiger partial charge >= 0.3 is 0 Å². The van der Waals surface area contributed by atoms with Gasteiger partial charge in [0, 0.05) is 12.5 Å². The van der Waals surface area contributed by atoms with Gasteiger partial charge in [-0.05, 0) is 28.5 Å². The van der Waals surface area contributed by atoms with Gasteiger partial charge in [-0.1, -0.05) is 59.8 Å². The van der Waals surface area contributed by atoms with E-state index < -0.39 is 34.9 Å². The number of carbonyl (C=O) groups is 2. The predicted molar refractivity (Wildman–Crippen MR) is 123 cm³/mol. The van der Waals surface area contributed by atoms with E-state index in [9.17, 15) is 18.0 Å². The number of aromatic nitrogens is 2. The molecule has 0 spiro atoms. The number of piperazine rings is 1. The Balaban J connectivity index is 1.31. The van der Waals surface area contributed by atoms with E-state index in [2.05, 4.69) is 10.1 Å². The van der Waals surface area contributed by atoms with Crippen molar-refractivity contribution < 1.29 is 22.5 Å². The van der Waals surface area contributed by atoms with E-state index in [1.165, 1.54) is 6.07 Å². The van der Waals surface area contributed by atoms with Crippen LogP contribution in [0.5, 0.6) is 0 Å². The second-order valence-electron chi connectivity index (χ2n) is 7.99. The number of aryl methyl sites for hydroxylation is 1. The van der Waals surface area contributed by atoms with Crippen LogP contribution in [0.25, 0.3) is 22.2 Å². The molecule has 2 amide bonds. The van der Waals surface area contributed by atoms with Crippen molar-refractivity contribution in [3.05, 3.63) is 78.2 Å². The average molecular weight is 477 g/mol. The number of rotatable bonds is 5. The van der Waals surface area contributed by atoms with Gasteiger partial charge in [0.05, 0.1) is 24.5 Å². The van der Waals surface area contributed by atoms with Crippen molar-refractivity contribution in [2.75, 3.05) is 13.1 Å². The van der Waals surface area contributed by atoms with Gasteiger partial charge in [0.25, 0.3) is 0 Å². The number of nitrogens with zero attached hydrogens (tertiary/aromatic N) is 4. The Hall–Kier alpha value is -3.89. The van der Waals surface area contributed by atoms with Gasteiger partial charge in [-0.15, -0.1) is 0 Å². The molecule has 34 heavy (non-hydrogen) atoms. The van der Waals surface area contributed by atoms with Crippen molar-refractivity contribution in [2.45, 2.75) is 18.4 Å². The summed E-state index contributed by atoms with van der Waals surface area (Å²) in [6.07, 6.45) is 0. The molecule has 1 saturated heterocycles. The fraction of sp³-hybridized carbons (Fsp3) is 0.167. The standard InChI is InChI=1S/C24H20N4O5S/c1-16-25-24(26-33-16)19-8-6-17(7-9-19)13-28-22(29)14-27(15-23(28)30)34(31,32)21-11-10-18-4-2-3-5-20(18)12-21/h2-12H,13-15H2,1H3. The third-order valence-corrected chi connectivity index (χ3v) is 7.45. The molecule has 0 bridgehead atoms. The number of fused-ring (bicyclic) bond motifs is 1. The predicted octanol–water partition coefficient (Wildman–Crippen LogP) is 2.76. The van der Waals surface area contributed by atoms with Crippen LogP contribution in [0.3, 0.4) is 0 Å². The molecular formula is C24H20N4O5S. The molecule has 0 radical (unpaired) electrons. The summed E-state index contributed by atoms with van der Waals surface area (Å²) in [5, 5.41) is 5.53. The second-order valence-corrected chi connectivity index (χ2v) is 9.93. The van der Waals surface area contributed by atoms with Crippen molar-refractivity contribution in [2.24, 2.45) is 0 Å². The summed E-state index contributed by atoms with van der Waals surface area (Å²) in [6, 6.07) is 19.2. The quantitative estimate of drug-likeness (QED) is 0.407. The van der Waals surface area contributed by atoms with Crippen LogP contribution in [-0.4, -0.2) is 52.7 Å². The van der Waals surface area contributed by atoms with Crippen LogP contribution in [0.15, 0.2) is 76.1 Å². The highest BCUT2D eigenvalue weighted by molar-refractivity contribution is 7.89. The van der Waals surface area contributed by atoms with Crippen LogP contribution >= 0.6 is 0 Å². The first-order chi connectivity index (χ1) is 16.3. The van der Waals surface area contributed by atoms with Gasteiger partial charge in [0.2, 0.25) is 33.6 Å². The second kappa shape index (κ2) is 8.47. The first-order valence-corrected chi connectivity index (χ1v) is 12.0. The molecule has 1 fully saturated rings. The minimum absolute atomic E-state index is 0.0486.